The van der Waals surface area contributed by atoms with Crippen molar-refractivity contribution in [3.8, 4) is 0 Å². The number of aliphatic hydroxyl groups is 1. The number of hydrogen-bond acceptors (Lipinski definition) is 15. The van der Waals surface area contributed by atoms with E-state index >= 15 is 9.59 Å². The fraction of sp³-hybridized carbons (Fsp3) is 0.542. The predicted octanol–water partition coefficient (Wildman–Crippen LogP) is 8.32. The van der Waals surface area contributed by atoms with Crippen LogP contribution in [0.2, 0.25) is 23.7 Å². The highest BCUT2D eigenvalue weighted by Crippen LogP contribution is 2.65. The molecule has 1 aliphatic heterocycles. The van der Waals surface area contributed by atoms with Gasteiger partial charge in [0.15, 0.2) is 17.5 Å². The highest BCUT2D eigenvalue weighted by atomic mass is 28.3. The topological polar surface area (TPSA) is 233 Å². The number of nitrogens with one attached hydrogen (secondary N) is 1. The van der Waals surface area contributed by atoms with E-state index in [0.29, 0.717) is 36.9 Å². The standard InChI is InChI=1S/C59H76N2O14Si/c1-35-41(72-54(68)48(76(10,11)55(4,5)6)46(38-24-16-12-17-25-38)61-52(66)39-26-18-13-19-27-39)33-59(69)51(74-53(67)40-28-20-14-21-29-40)49-57(9,50(65)47(71-36(2)62)45(35)56(59,7)8)42(73-44(64)30-22-15-23-31-60)32-43-58(49,34-70-43)75-37(3)63/h12-14,16-21,24-29,41-43,46-49,51,69H,15,22-23,30-34,60H2,1-11H3,(H,61,66)/t41-,42?,43+,46?,47+,48+,49?,51-,57+,58-,59+/m0/s1. The zero-order valence-electron chi connectivity index (χ0n) is 45.8. The summed E-state index contributed by atoms with van der Waals surface area (Å²) >= 11 is 0. The number of rotatable bonds is 17. The van der Waals surface area contributed by atoms with Crippen LogP contribution in [-0.4, -0.2) is 110 Å². The minimum Gasteiger partial charge on any atom is -0.461 e. The number of carbonyl (C=O) groups is 7. The molecular formula is C59H76N2O14Si. The molecule has 3 aliphatic carbocycles. The highest BCUT2D eigenvalue weighted by molar-refractivity contribution is 6.84. The molecule has 1 amide bonds. The second kappa shape index (κ2) is 22.1. The van der Waals surface area contributed by atoms with Crippen LogP contribution in [0.25, 0.3) is 0 Å². The summed E-state index contributed by atoms with van der Waals surface area (Å²) in [6, 6.07) is 24.9. The molecule has 76 heavy (non-hydrogen) atoms. The number of nitrogens with two attached hydrogens (primary N) is 1. The van der Waals surface area contributed by atoms with Crippen LogP contribution in [0.3, 0.4) is 0 Å². The Morgan fingerprint density at radius 2 is 1.41 bits per heavy atom. The van der Waals surface area contributed by atoms with Gasteiger partial charge in [-0.3, -0.25) is 28.8 Å². The Balaban J connectivity index is 1.47. The van der Waals surface area contributed by atoms with Crippen molar-refractivity contribution in [2.24, 2.45) is 22.5 Å². The molecule has 11 atom stereocenters. The maximum atomic E-state index is 16.4. The molecule has 1 heterocycles. The summed E-state index contributed by atoms with van der Waals surface area (Å²) in [5.41, 5.74) is -1.75. The van der Waals surface area contributed by atoms with Crippen LogP contribution in [-0.2, 0) is 52.4 Å². The summed E-state index contributed by atoms with van der Waals surface area (Å²) in [6.45, 7) is 19.1. The van der Waals surface area contributed by atoms with Crippen molar-refractivity contribution in [1.29, 1.82) is 0 Å². The van der Waals surface area contributed by atoms with Gasteiger partial charge in [-0.1, -0.05) is 121 Å². The van der Waals surface area contributed by atoms with E-state index in [-0.39, 0.29) is 36.2 Å². The van der Waals surface area contributed by atoms with Gasteiger partial charge in [-0.25, -0.2) is 4.79 Å². The van der Waals surface area contributed by atoms with Gasteiger partial charge in [-0.15, -0.1) is 0 Å². The number of fused-ring (bicyclic) bond motifs is 5. The Bertz CT molecular complexity index is 2710. The quantitative estimate of drug-likeness (QED) is 0.0379. The maximum Gasteiger partial charge on any atom is 0.338 e. The minimum absolute atomic E-state index is 0.0307. The summed E-state index contributed by atoms with van der Waals surface area (Å²) in [5, 5.41) is 17.1. The molecular weight excluding hydrogens is 989 g/mol. The Kier molecular flexibility index (Phi) is 16.8. The number of esters is 5. The molecule has 17 heteroatoms. The predicted molar refractivity (Wildman–Crippen MR) is 284 cm³/mol. The highest BCUT2D eigenvalue weighted by Gasteiger charge is 2.79. The first-order valence-electron chi connectivity index (χ1n) is 26.4. The lowest BCUT2D eigenvalue weighted by atomic mass is 9.44. The van der Waals surface area contributed by atoms with E-state index in [1.807, 2.05) is 51.1 Å². The molecule has 1 saturated heterocycles. The molecule has 7 rings (SSSR count). The molecule has 0 spiro atoms. The fourth-order valence-electron chi connectivity index (χ4n) is 12.3. The fourth-order valence-corrected chi connectivity index (χ4v) is 15.0. The normalized spacial score (nSPS) is 28.6. The van der Waals surface area contributed by atoms with Gasteiger partial charge < -0.3 is 44.6 Å². The van der Waals surface area contributed by atoms with Gasteiger partial charge in [0.05, 0.1) is 43.2 Å². The smallest absolute Gasteiger partial charge is 0.338 e. The second-order valence-electron chi connectivity index (χ2n) is 23.4. The van der Waals surface area contributed by atoms with Crippen molar-refractivity contribution in [2.75, 3.05) is 13.2 Å². The van der Waals surface area contributed by atoms with Gasteiger partial charge in [-0.05, 0) is 79.2 Å². The lowest BCUT2D eigenvalue weighted by molar-refractivity contribution is -0.346. The first-order valence-corrected chi connectivity index (χ1v) is 29.5. The average molecular weight is 1070 g/mol. The van der Waals surface area contributed by atoms with Crippen LogP contribution in [0, 0.1) is 16.7 Å². The van der Waals surface area contributed by atoms with Gasteiger partial charge in [0.2, 0.25) is 0 Å². The summed E-state index contributed by atoms with van der Waals surface area (Å²) in [6.07, 6.45) is -6.39. The molecule has 3 unspecified atom stereocenters. The van der Waals surface area contributed by atoms with Crippen molar-refractivity contribution in [3.63, 3.8) is 0 Å². The van der Waals surface area contributed by atoms with Crippen molar-refractivity contribution in [2.45, 2.75) is 172 Å². The number of unbranched alkanes of at least 4 members (excludes halogenated alkanes) is 2. The molecule has 4 aliphatic rings. The Morgan fingerprint density at radius 3 is 1.95 bits per heavy atom. The van der Waals surface area contributed by atoms with Gasteiger partial charge in [0.1, 0.15) is 30.0 Å². The van der Waals surface area contributed by atoms with Crippen LogP contribution in [0.5, 0.6) is 0 Å². The zero-order valence-corrected chi connectivity index (χ0v) is 46.8. The van der Waals surface area contributed by atoms with E-state index in [4.69, 9.17) is 34.2 Å². The molecule has 4 N–H and O–H groups in total. The molecule has 0 aromatic heterocycles. The zero-order chi connectivity index (χ0) is 55.8. The summed E-state index contributed by atoms with van der Waals surface area (Å²) in [7, 11) is -3.00. The van der Waals surface area contributed by atoms with Crippen LogP contribution < -0.4 is 11.1 Å². The average Bonchev–Trinajstić information content (AvgIpc) is 3.39. The van der Waals surface area contributed by atoms with Gasteiger partial charge >= 0.3 is 29.8 Å². The molecule has 0 radical (unpaired) electrons. The monoisotopic (exact) mass is 1060 g/mol. The lowest BCUT2D eigenvalue weighted by Gasteiger charge is -2.67. The Hall–Kier alpha value is -6.01. The third-order valence-electron chi connectivity index (χ3n) is 17.5. The Labute approximate surface area is 447 Å². The number of ketones is 1. The molecule has 410 valence electrons. The van der Waals surface area contributed by atoms with Crippen LogP contribution in [0.15, 0.2) is 102 Å². The minimum atomic E-state index is -3.00. The van der Waals surface area contributed by atoms with E-state index in [1.54, 1.807) is 69.3 Å². The van der Waals surface area contributed by atoms with Crippen LogP contribution in [0.4, 0.5) is 0 Å². The van der Waals surface area contributed by atoms with E-state index in [2.05, 4.69) is 18.4 Å². The van der Waals surface area contributed by atoms with E-state index < -0.39 is 131 Å². The third-order valence-corrected chi connectivity index (χ3v) is 23.5. The van der Waals surface area contributed by atoms with Crippen molar-refractivity contribution in [1.82, 2.24) is 5.32 Å². The SMILES string of the molecule is CC(=O)O[C@H]1C(=O)[C@]2(C)C(OC(=O)CCCCCN)C[C@H]3OC[C@@]3(OC(C)=O)C2[C@H](OC(=O)c2ccccc2)[C@]2(O)C[C@H](OC(=O)[C@@H](C(NC(=O)c3ccccc3)c3ccccc3)[Si](C)(C)C(C)(C)C)C(C)=C1C2(C)C. The van der Waals surface area contributed by atoms with Crippen molar-refractivity contribution in [3.05, 3.63) is 119 Å². The molecule has 2 bridgehead atoms. The molecule has 2 saturated carbocycles. The van der Waals surface area contributed by atoms with Gasteiger partial charge in [-0.2, -0.15) is 0 Å². The third kappa shape index (κ3) is 10.6. The molecule has 3 aromatic carbocycles. The number of ether oxygens (including phenoxy) is 6. The second-order valence-corrected chi connectivity index (χ2v) is 29.0. The van der Waals surface area contributed by atoms with Crippen LogP contribution in [0.1, 0.15) is 133 Å². The van der Waals surface area contributed by atoms with Gasteiger partial charge in [0, 0.05) is 44.1 Å². The van der Waals surface area contributed by atoms with Crippen molar-refractivity contribution < 1.29 is 67.1 Å². The first-order chi connectivity index (χ1) is 35.7. The summed E-state index contributed by atoms with van der Waals surface area (Å²) < 4.78 is 38.5. The van der Waals surface area contributed by atoms with Crippen molar-refractivity contribution >= 4 is 49.6 Å². The lowest BCUT2D eigenvalue weighted by Crippen LogP contribution is -2.82. The molecule has 3 aromatic rings. The number of benzene rings is 3. The summed E-state index contributed by atoms with van der Waals surface area (Å²) in [5.74, 6) is -6.69. The number of amides is 1. The first kappa shape index (κ1) is 57.7. The van der Waals surface area contributed by atoms with E-state index in [1.165, 1.54) is 26.0 Å². The molecule has 3 fully saturated rings. The maximum absolute atomic E-state index is 16.4. The summed E-state index contributed by atoms with van der Waals surface area (Å²) in [4.78, 5) is 102. The van der Waals surface area contributed by atoms with Gasteiger partial charge in [0.25, 0.3) is 5.91 Å². The number of Topliss-reactive ketones (excluding diaryl/α,β-unsaturated/α-hetero) is 1. The molecule has 16 nitrogen and oxygen atoms in total. The number of hydrogen-bond donors (Lipinski definition) is 3. The van der Waals surface area contributed by atoms with E-state index in [0.717, 1.165) is 6.92 Å². The van der Waals surface area contributed by atoms with Crippen LogP contribution >= 0.6 is 0 Å². The van der Waals surface area contributed by atoms with E-state index in [9.17, 15) is 29.1 Å². The Morgan fingerprint density at radius 1 is 0.816 bits per heavy atom. The largest absolute Gasteiger partial charge is 0.461 e. The number of carbonyl (C=O) groups excluding carboxylic acids is 7.